The van der Waals surface area contributed by atoms with Gasteiger partial charge in [0.25, 0.3) is 0 Å². The summed E-state index contributed by atoms with van der Waals surface area (Å²) in [4.78, 5) is 10.3. The molecule has 1 aliphatic rings. The van der Waals surface area contributed by atoms with Gasteiger partial charge in [-0.3, -0.25) is 4.90 Å². The van der Waals surface area contributed by atoms with Gasteiger partial charge in [-0.1, -0.05) is 60.7 Å². The van der Waals surface area contributed by atoms with E-state index in [0.717, 1.165) is 55.1 Å². The highest BCUT2D eigenvalue weighted by atomic mass is 15.1. The van der Waals surface area contributed by atoms with Gasteiger partial charge in [0.15, 0.2) is 0 Å². The Morgan fingerprint density at radius 1 is 1.00 bits per heavy atom. The zero-order chi connectivity index (χ0) is 17.8. The topological polar surface area (TPSA) is 55.7 Å². The zero-order valence-corrected chi connectivity index (χ0v) is 14.7. The largest absolute Gasteiger partial charge is 0.341 e. The van der Waals surface area contributed by atoms with Gasteiger partial charge in [0.05, 0.1) is 11.5 Å². The van der Waals surface area contributed by atoms with Crippen LogP contribution in [0.15, 0.2) is 66.9 Å². The third kappa shape index (κ3) is 3.26. The summed E-state index contributed by atoms with van der Waals surface area (Å²) in [5.74, 6) is 0.910. The van der Waals surface area contributed by atoms with E-state index in [1.165, 1.54) is 0 Å². The monoisotopic (exact) mass is 342 g/mol. The highest BCUT2D eigenvalue weighted by Gasteiger charge is 2.36. The van der Waals surface area contributed by atoms with Crippen LogP contribution in [-0.2, 0) is 12.0 Å². The van der Waals surface area contributed by atoms with E-state index in [4.69, 9.17) is 0 Å². The molecule has 4 heteroatoms. The van der Waals surface area contributed by atoms with Gasteiger partial charge in [-0.25, -0.2) is 4.98 Å². The Hall–Kier alpha value is -2.90. The molecule has 1 aliphatic heterocycles. The fraction of sp³-hybridized carbons (Fsp3) is 0.273. The molecule has 3 aromatic rings. The molecule has 4 rings (SSSR count). The molecular weight excluding hydrogens is 320 g/mol. The number of nitrogens with zero attached hydrogens (tertiary/aromatic N) is 3. The molecule has 0 bridgehead atoms. The first-order valence-corrected chi connectivity index (χ1v) is 9.07. The number of nitrogens with one attached hydrogen (secondary N) is 1. The SMILES string of the molecule is N#CC1(c2ccccc2)CCN(Cc2cnc(-c3ccccc3)[nH]2)CC1. The van der Waals surface area contributed by atoms with Crippen LogP contribution < -0.4 is 0 Å². The second-order valence-corrected chi connectivity index (χ2v) is 6.96. The number of hydrogen-bond donors (Lipinski definition) is 1. The zero-order valence-electron chi connectivity index (χ0n) is 14.7. The van der Waals surface area contributed by atoms with Crippen LogP contribution >= 0.6 is 0 Å². The Morgan fingerprint density at radius 3 is 2.31 bits per heavy atom. The summed E-state index contributed by atoms with van der Waals surface area (Å²) >= 11 is 0. The molecule has 0 amide bonds. The first-order chi connectivity index (χ1) is 12.8. The van der Waals surface area contributed by atoms with Crippen LogP contribution in [0.5, 0.6) is 0 Å². The summed E-state index contributed by atoms with van der Waals surface area (Å²) in [5, 5.41) is 9.82. The van der Waals surface area contributed by atoms with Gasteiger partial charge < -0.3 is 4.98 Å². The van der Waals surface area contributed by atoms with Crippen LogP contribution in [0.2, 0.25) is 0 Å². The van der Waals surface area contributed by atoms with E-state index in [1.54, 1.807) is 0 Å². The maximum atomic E-state index is 9.82. The molecule has 4 nitrogen and oxygen atoms in total. The molecule has 0 aliphatic carbocycles. The van der Waals surface area contributed by atoms with Crippen molar-refractivity contribution in [1.29, 1.82) is 5.26 Å². The average Bonchev–Trinajstić information content (AvgIpc) is 3.19. The number of H-pyrrole nitrogens is 1. The molecule has 0 radical (unpaired) electrons. The quantitative estimate of drug-likeness (QED) is 0.775. The van der Waals surface area contributed by atoms with Gasteiger partial charge >= 0.3 is 0 Å². The highest BCUT2D eigenvalue weighted by Crippen LogP contribution is 2.35. The minimum Gasteiger partial charge on any atom is -0.341 e. The van der Waals surface area contributed by atoms with Crippen molar-refractivity contribution in [1.82, 2.24) is 14.9 Å². The van der Waals surface area contributed by atoms with E-state index in [9.17, 15) is 5.26 Å². The Morgan fingerprint density at radius 2 is 1.65 bits per heavy atom. The lowest BCUT2D eigenvalue weighted by Crippen LogP contribution is -2.41. The number of hydrogen-bond acceptors (Lipinski definition) is 3. The van der Waals surface area contributed by atoms with Crippen LogP contribution in [0.1, 0.15) is 24.1 Å². The van der Waals surface area contributed by atoms with Crippen molar-refractivity contribution in [2.45, 2.75) is 24.8 Å². The van der Waals surface area contributed by atoms with E-state index in [1.807, 2.05) is 42.6 Å². The van der Waals surface area contributed by atoms with Gasteiger partial charge in [-0.05, 0) is 18.4 Å². The number of benzene rings is 2. The average molecular weight is 342 g/mol. The van der Waals surface area contributed by atoms with Gasteiger partial charge in [0.2, 0.25) is 0 Å². The van der Waals surface area contributed by atoms with Gasteiger partial charge in [-0.2, -0.15) is 5.26 Å². The summed E-state index contributed by atoms with van der Waals surface area (Å²) in [7, 11) is 0. The second-order valence-electron chi connectivity index (χ2n) is 6.96. The molecule has 1 saturated heterocycles. The van der Waals surface area contributed by atoms with Crippen LogP contribution in [0.25, 0.3) is 11.4 Å². The van der Waals surface area contributed by atoms with E-state index < -0.39 is 0 Å². The molecule has 0 spiro atoms. The number of rotatable bonds is 4. The lowest BCUT2D eigenvalue weighted by atomic mass is 9.74. The molecule has 0 atom stereocenters. The fourth-order valence-corrected chi connectivity index (χ4v) is 3.74. The lowest BCUT2D eigenvalue weighted by Gasteiger charge is -2.37. The van der Waals surface area contributed by atoms with Crippen molar-refractivity contribution < 1.29 is 0 Å². The predicted molar refractivity (Wildman–Crippen MR) is 102 cm³/mol. The van der Waals surface area contributed by atoms with Crippen molar-refractivity contribution in [3.05, 3.63) is 78.1 Å². The minimum atomic E-state index is -0.346. The van der Waals surface area contributed by atoms with E-state index in [2.05, 4.69) is 45.2 Å². The molecule has 130 valence electrons. The highest BCUT2D eigenvalue weighted by molar-refractivity contribution is 5.54. The number of aromatic nitrogens is 2. The third-order valence-electron chi connectivity index (χ3n) is 5.32. The molecule has 0 saturated carbocycles. The van der Waals surface area contributed by atoms with Crippen molar-refractivity contribution in [2.75, 3.05) is 13.1 Å². The van der Waals surface area contributed by atoms with Crippen molar-refractivity contribution in [2.24, 2.45) is 0 Å². The van der Waals surface area contributed by atoms with Crippen LogP contribution in [0, 0.1) is 11.3 Å². The third-order valence-corrected chi connectivity index (χ3v) is 5.32. The second kappa shape index (κ2) is 7.15. The Balaban J connectivity index is 1.42. The molecule has 1 aromatic heterocycles. The predicted octanol–water partition coefficient (Wildman–Crippen LogP) is 4.13. The number of piperidine rings is 1. The molecule has 0 unspecified atom stereocenters. The standard InChI is InChI=1S/C22H22N4/c23-17-22(19-9-5-2-6-10-19)11-13-26(14-12-22)16-20-15-24-21(25-20)18-7-3-1-4-8-18/h1-10,15H,11-14,16H2,(H,24,25). The Labute approximate surface area is 154 Å². The van der Waals surface area contributed by atoms with E-state index in [-0.39, 0.29) is 5.41 Å². The van der Waals surface area contributed by atoms with Crippen LogP contribution in [-0.4, -0.2) is 28.0 Å². The van der Waals surface area contributed by atoms with Crippen molar-refractivity contribution >= 4 is 0 Å². The van der Waals surface area contributed by atoms with Crippen LogP contribution in [0.4, 0.5) is 0 Å². The molecular formula is C22H22N4. The number of aromatic amines is 1. The summed E-state index contributed by atoms with van der Waals surface area (Å²) in [6, 6.07) is 23.0. The van der Waals surface area contributed by atoms with Crippen LogP contribution in [0.3, 0.4) is 0 Å². The number of imidazole rings is 1. The maximum absolute atomic E-state index is 9.82. The Kier molecular flexibility index (Phi) is 4.55. The first kappa shape index (κ1) is 16.6. The van der Waals surface area contributed by atoms with Gasteiger partial charge in [-0.15, -0.1) is 0 Å². The molecule has 1 fully saturated rings. The minimum absolute atomic E-state index is 0.346. The van der Waals surface area contributed by atoms with Gasteiger partial charge in [0.1, 0.15) is 5.82 Å². The lowest BCUT2D eigenvalue weighted by molar-refractivity contribution is 0.177. The summed E-state index contributed by atoms with van der Waals surface area (Å²) in [5.41, 5.74) is 3.02. The van der Waals surface area contributed by atoms with Crippen molar-refractivity contribution in [3.8, 4) is 17.5 Å². The number of likely N-dealkylation sites (tertiary alicyclic amines) is 1. The summed E-state index contributed by atoms with van der Waals surface area (Å²) in [6.07, 6.45) is 3.66. The molecule has 2 aromatic carbocycles. The maximum Gasteiger partial charge on any atom is 0.137 e. The fourth-order valence-electron chi connectivity index (χ4n) is 3.74. The number of nitriles is 1. The van der Waals surface area contributed by atoms with Gasteiger partial charge in [0, 0.05) is 37.1 Å². The van der Waals surface area contributed by atoms with E-state index >= 15 is 0 Å². The molecule has 1 N–H and O–H groups in total. The molecule has 26 heavy (non-hydrogen) atoms. The van der Waals surface area contributed by atoms with E-state index in [0.29, 0.717) is 0 Å². The summed E-state index contributed by atoms with van der Waals surface area (Å²) in [6.45, 7) is 2.68. The normalized spacial score (nSPS) is 16.9. The summed E-state index contributed by atoms with van der Waals surface area (Å²) < 4.78 is 0. The Bertz CT molecular complexity index is 885. The smallest absolute Gasteiger partial charge is 0.137 e. The molecule has 2 heterocycles. The van der Waals surface area contributed by atoms with Crippen molar-refractivity contribution in [3.63, 3.8) is 0 Å². The first-order valence-electron chi connectivity index (χ1n) is 9.07.